The standard InChI is InChI=1S/C11H8ClF3N2O/c12-5-1-2-8-16-17-11(18-8)6-3-4-7(13)10(15)9(6)14/h3-4H,1-2,5H2. The van der Waals surface area contributed by atoms with E-state index in [0.717, 1.165) is 12.1 Å². The van der Waals surface area contributed by atoms with Gasteiger partial charge in [-0.05, 0) is 18.6 Å². The quantitative estimate of drug-likeness (QED) is 0.635. The number of benzene rings is 1. The van der Waals surface area contributed by atoms with Crippen molar-refractivity contribution in [1.82, 2.24) is 10.2 Å². The lowest BCUT2D eigenvalue weighted by Gasteiger charge is -1.99. The van der Waals surface area contributed by atoms with Gasteiger partial charge in [-0.15, -0.1) is 21.8 Å². The van der Waals surface area contributed by atoms with Crippen molar-refractivity contribution >= 4 is 11.6 Å². The fourth-order valence-corrected chi connectivity index (χ4v) is 1.51. The SMILES string of the molecule is Fc1ccc(-c2nnc(CCCCl)o2)c(F)c1F. The van der Waals surface area contributed by atoms with Gasteiger partial charge in [0.15, 0.2) is 17.5 Å². The number of aryl methyl sites for hydroxylation is 1. The molecule has 0 saturated heterocycles. The summed E-state index contributed by atoms with van der Waals surface area (Å²) < 4.78 is 44.4. The lowest BCUT2D eigenvalue weighted by atomic mass is 10.2. The van der Waals surface area contributed by atoms with E-state index in [-0.39, 0.29) is 17.3 Å². The monoisotopic (exact) mass is 276 g/mol. The van der Waals surface area contributed by atoms with Crippen LogP contribution in [0.3, 0.4) is 0 Å². The smallest absolute Gasteiger partial charge is 0.250 e. The molecule has 0 amide bonds. The highest BCUT2D eigenvalue weighted by Gasteiger charge is 2.18. The van der Waals surface area contributed by atoms with Crippen LogP contribution in [0.15, 0.2) is 16.5 Å². The van der Waals surface area contributed by atoms with E-state index < -0.39 is 17.5 Å². The minimum atomic E-state index is -1.56. The highest BCUT2D eigenvalue weighted by atomic mass is 35.5. The molecule has 0 bridgehead atoms. The Morgan fingerprint density at radius 1 is 1.11 bits per heavy atom. The van der Waals surface area contributed by atoms with Gasteiger partial charge in [0, 0.05) is 12.3 Å². The van der Waals surface area contributed by atoms with Crippen molar-refractivity contribution in [2.75, 3.05) is 5.88 Å². The van der Waals surface area contributed by atoms with Crippen LogP contribution in [-0.4, -0.2) is 16.1 Å². The van der Waals surface area contributed by atoms with E-state index in [1.165, 1.54) is 0 Å². The van der Waals surface area contributed by atoms with Gasteiger partial charge >= 0.3 is 0 Å². The van der Waals surface area contributed by atoms with Crippen molar-refractivity contribution in [1.29, 1.82) is 0 Å². The summed E-state index contributed by atoms with van der Waals surface area (Å²) in [5.74, 6) is -3.66. The largest absolute Gasteiger partial charge is 0.421 e. The predicted molar refractivity (Wildman–Crippen MR) is 58.6 cm³/mol. The van der Waals surface area contributed by atoms with Gasteiger partial charge in [-0.2, -0.15) is 0 Å². The van der Waals surface area contributed by atoms with Crippen LogP contribution in [-0.2, 0) is 6.42 Å². The Morgan fingerprint density at radius 3 is 2.61 bits per heavy atom. The summed E-state index contributed by atoms with van der Waals surface area (Å²) in [5.41, 5.74) is -0.265. The van der Waals surface area contributed by atoms with Gasteiger partial charge in [0.2, 0.25) is 5.89 Å². The zero-order valence-corrected chi connectivity index (χ0v) is 9.85. The van der Waals surface area contributed by atoms with E-state index in [9.17, 15) is 13.2 Å². The van der Waals surface area contributed by atoms with Gasteiger partial charge in [-0.3, -0.25) is 0 Å². The molecule has 0 aliphatic rings. The molecule has 3 nitrogen and oxygen atoms in total. The first-order chi connectivity index (χ1) is 8.63. The average Bonchev–Trinajstić information content (AvgIpc) is 2.82. The second-order valence-electron chi connectivity index (χ2n) is 3.52. The Bertz CT molecular complexity index is 559. The molecule has 0 N–H and O–H groups in total. The Labute approximate surface area is 106 Å². The molecule has 0 atom stereocenters. The van der Waals surface area contributed by atoms with Gasteiger partial charge in [0.05, 0.1) is 5.56 Å². The molecule has 0 radical (unpaired) electrons. The van der Waals surface area contributed by atoms with Crippen LogP contribution in [0.1, 0.15) is 12.3 Å². The molecular formula is C11H8ClF3N2O. The number of hydrogen-bond donors (Lipinski definition) is 0. The van der Waals surface area contributed by atoms with E-state index in [4.69, 9.17) is 16.0 Å². The predicted octanol–water partition coefficient (Wildman–Crippen LogP) is 3.33. The van der Waals surface area contributed by atoms with Crippen molar-refractivity contribution < 1.29 is 17.6 Å². The molecule has 2 rings (SSSR count). The maximum Gasteiger partial charge on any atom is 0.250 e. The van der Waals surface area contributed by atoms with Gasteiger partial charge < -0.3 is 4.42 Å². The van der Waals surface area contributed by atoms with Gasteiger partial charge in [-0.25, -0.2) is 13.2 Å². The zero-order valence-electron chi connectivity index (χ0n) is 9.09. The van der Waals surface area contributed by atoms with Crippen LogP contribution in [0, 0.1) is 17.5 Å². The normalized spacial score (nSPS) is 10.9. The third-order valence-electron chi connectivity index (χ3n) is 2.26. The number of alkyl halides is 1. The fraction of sp³-hybridized carbons (Fsp3) is 0.273. The van der Waals surface area contributed by atoms with Crippen LogP contribution < -0.4 is 0 Å². The van der Waals surface area contributed by atoms with Crippen LogP contribution in [0.2, 0.25) is 0 Å². The Balaban J connectivity index is 2.31. The highest BCUT2D eigenvalue weighted by molar-refractivity contribution is 6.17. The second kappa shape index (κ2) is 5.39. The summed E-state index contributed by atoms with van der Waals surface area (Å²) in [4.78, 5) is 0. The van der Waals surface area contributed by atoms with E-state index in [1.807, 2.05) is 0 Å². The topological polar surface area (TPSA) is 38.9 Å². The second-order valence-corrected chi connectivity index (χ2v) is 3.89. The molecular weight excluding hydrogens is 269 g/mol. The van der Waals surface area contributed by atoms with Crippen molar-refractivity contribution in [2.45, 2.75) is 12.8 Å². The molecule has 2 aromatic rings. The molecule has 0 saturated carbocycles. The molecule has 1 aromatic carbocycles. The zero-order chi connectivity index (χ0) is 13.1. The van der Waals surface area contributed by atoms with Crippen molar-refractivity contribution in [3.05, 3.63) is 35.5 Å². The summed E-state index contributed by atoms with van der Waals surface area (Å²) in [5, 5.41) is 7.25. The number of aromatic nitrogens is 2. The summed E-state index contributed by atoms with van der Waals surface area (Å²) in [6.07, 6.45) is 1.07. The Hall–Kier alpha value is -1.56. The molecule has 18 heavy (non-hydrogen) atoms. The van der Waals surface area contributed by atoms with Crippen LogP contribution in [0.25, 0.3) is 11.5 Å². The fourth-order valence-electron chi connectivity index (χ4n) is 1.37. The van der Waals surface area contributed by atoms with Crippen LogP contribution in [0.4, 0.5) is 13.2 Å². The van der Waals surface area contributed by atoms with Gasteiger partial charge in [0.1, 0.15) is 0 Å². The molecule has 96 valence electrons. The summed E-state index contributed by atoms with van der Waals surface area (Å²) in [6.45, 7) is 0. The van der Waals surface area contributed by atoms with E-state index in [0.29, 0.717) is 18.7 Å². The van der Waals surface area contributed by atoms with Gasteiger partial charge in [-0.1, -0.05) is 0 Å². The summed E-state index contributed by atoms with van der Waals surface area (Å²) >= 11 is 5.50. The third-order valence-corrected chi connectivity index (χ3v) is 2.52. The third kappa shape index (κ3) is 2.48. The van der Waals surface area contributed by atoms with E-state index in [2.05, 4.69) is 10.2 Å². The summed E-state index contributed by atoms with van der Waals surface area (Å²) in [6, 6.07) is 1.85. The molecule has 0 spiro atoms. The summed E-state index contributed by atoms with van der Waals surface area (Å²) in [7, 11) is 0. The van der Waals surface area contributed by atoms with Crippen LogP contribution >= 0.6 is 11.6 Å². The van der Waals surface area contributed by atoms with Crippen molar-refractivity contribution in [3.63, 3.8) is 0 Å². The van der Waals surface area contributed by atoms with Gasteiger partial charge in [0.25, 0.3) is 5.89 Å². The first kappa shape index (κ1) is 12.9. The number of rotatable bonds is 4. The Kier molecular flexibility index (Phi) is 3.86. The number of nitrogens with zero attached hydrogens (tertiary/aromatic N) is 2. The average molecular weight is 277 g/mol. The number of hydrogen-bond acceptors (Lipinski definition) is 3. The maximum absolute atomic E-state index is 13.4. The Morgan fingerprint density at radius 2 is 1.89 bits per heavy atom. The first-order valence-corrected chi connectivity index (χ1v) is 5.69. The van der Waals surface area contributed by atoms with E-state index >= 15 is 0 Å². The molecule has 1 aromatic heterocycles. The van der Waals surface area contributed by atoms with E-state index in [1.54, 1.807) is 0 Å². The molecule has 1 heterocycles. The lowest BCUT2D eigenvalue weighted by molar-refractivity contribution is 0.443. The minimum Gasteiger partial charge on any atom is -0.421 e. The van der Waals surface area contributed by atoms with Crippen molar-refractivity contribution in [3.8, 4) is 11.5 Å². The highest BCUT2D eigenvalue weighted by Crippen LogP contribution is 2.25. The minimum absolute atomic E-state index is 0.184. The van der Waals surface area contributed by atoms with Crippen molar-refractivity contribution in [2.24, 2.45) is 0 Å². The molecule has 0 aliphatic heterocycles. The maximum atomic E-state index is 13.4. The lowest BCUT2D eigenvalue weighted by Crippen LogP contribution is -1.93. The molecule has 7 heteroatoms. The number of halogens is 4. The first-order valence-electron chi connectivity index (χ1n) is 5.15. The molecule has 0 unspecified atom stereocenters. The molecule has 0 fully saturated rings. The van der Waals surface area contributed by atoms with Crippen LogP contribution in [0.5, 0.6) is 0 Å². The molecule has 0 aliphatic carbocycles.